The van der Waals surface area contributed by atoms with Crippen molar-refractivity contribution >= 4 is 64.4 Å². The van der Waals surface area contributed by atoms with Gasteiger partial charge in [-0.25, -0.2) is 9.79 Å². The van der Waals surface area contributed by atoms with Crippen molar-refractivity contribution in [2.75, 3.05) is 0 Å². The van der Waals surface area contributed by atoms with E-state index in [1.54, 1.807) is 37.3 Å². The van der Waals surface area contributed by atoms with Gasteiger partial charge in [-0.15, -0.1) is 0 Å². The smallest absolute Gasteiger partial charge is 0.471 e. The van der Waals surface area contributed by atoms with Crippen molar-refractivity contribution in [3.8, 4) is 11.5 Å². The largest absolute Gasteiger partial charge is 0.489 e. The highest BCUT2D eigenvalue weighted by Crippen LogP contribution is 2.36. The Bertz CT molecular complexity index is 2220. The summed E-state index contributed by atoms with van der Waals surface area (Å²) in [5.74, 6) is -0.539. The van der Waals surface area contributed by atoms with E-state index in [4.69, 9.17) is 32.7 Å². The lowest BCUT2D eigenvalue weighted by Crippen LogP contribution is -2.46. The molecular formula is C56H81Cl2F3N4O9. The maximum atomic E-state index is 12.9. The minimum absolute atomic E-state index is 0.0181. The molecule has 0 radical (unpaired) electrons. The van der Waals surface area contributed by atoms with Gasteiger partial charge in [0.15, 0.2) is 11.6 Å². The number of aliphatic imine (C=N–C) groups is 1. The molecule has 2 fully saturated rings. The van der Waals surface area contributed by atoms with E-state index in [0.717, 1.165) is 25.7 Å². The van der Waals surface area contributed by atoms with E-state index >= 15 is 0 Å². The van der Waals surface area contributed by atoms with Gasteiger partial charge in [0, 0.05) is 42.9 Å². The first-order chi connectivity index (χ1) is 34.3. The first-order valence-electron chi connectivity index (χ1n) is 25.9. The number of ketones is 3. The second-order valence-electron chi connectivity index (χ2n) is 22.2. The summed E-state index contributed by atoms with van der Waals surface area (Å²) in [4.78, 5) is 87.2. The number of rotatable bonds is 20. The van der Waals surface area contributed by atoms with Gasteiger partial charge in [0.1, 0.15) is 17.3 Å². The van der Waals surface area contributed by atoms with Crippen LogP contribution in [0.25, 0.3) is 0 Å². The Morgan fingerprint density at radius 1 is 0.662 bits per heavy atom. The van der Waals surface area contributed by atoms with Gasteiger partial charge in [-0.3, -0.25) is 28.8 Å². The van der Waals surface area contributed by atoms with E-state index in [9.17, 15) is 46.7 Å². The third kappa shape index (κ3) is 25.2. The van der Waals surface area contributed by atoms with Crippen molar-refractivity contribution in [1.82, 2.24) is 16.0 Å². The van der Waals surface area contributed by atoms with Crippen LogP contribution >= 0.6 is 23.2 Å². The van der Waals surface area contributed by atoms with Crippen molar-refractivity contribution in [3.05, 3.63) is 57.6 Å². The van der Waals surface area contributed by atoms with E-state index in [1.165, 1.54) is 12.1 Å². The number of ether oxygens (including phenoxy) is 2. The molecule has 74 heavy (non-hydrogen) atoms. The van der Waals surface area contributed by atoms with Gasteiger partial charge >= 0.3 is 12.1 Å². The highest BCUT2D eigenvalue weighted by molar-refractivity contribution is 6.32. The standard InChI is InChI=1S/C28H42ClNO4.C23H30ClF3N2O4.C5H9NO/c1-7-25(32)24(30-27(33)21-12-13-26(23(29)16-21)34-18(2)3)15-20-10-8-19(9-11-20)14-22(31)17-28(4,5)6;1-4-19(30)18(11-14-5-8-16(9-6-14)28-22(32)23(25,26)27)29-21(31)15-7-10-20(17(24)12-15)33-13(2)3;1-5(2,3)6-4-7/h12-13,16,18-20,24H,7-11,14-15,17H2,1-6H3,(H,30,33);7,10,12-14,16,18H,4-6,8-9,11H2,1-3H3,(H,28,32)(H,29,31);1-3H3. The van der Waals surface area contributed by atoms with Crippen molar-refractivity contribution in [2.24, 2.45) is 28.2 Å². The molecule has 0 saturated heterocycles. The summed E-state index contributed by atoms with van der Waals surface area (Å²) >= 11 is 12.5. The zero-order chi connectivity index (χ0) is 56.1. The highest BCUT2D eigenvalue weighted by Gasteiger charge is 2.40. The van der Waals surface area contributed by atoms with Crippen molar-refractivity contribution in [1.29, 1.82) is 0 Å². The summed E-state index contributed by atoms with van der Waals surface area (Å²) < 4.78 is 48.5. The second-order valence-corrected chi connectivity index (χ2v) is 23.0. The van der Waals surface area contributed by atoms with Gasteiger partial charge in [0.05, 0.1) is 39.9 Å². The summed E-state index contributed by atoms with van der Waals surface area (Å²) in [5.41, 5.74) is 0.494. The van der Waals surface area contributed by atoms with Crippen molar-refractivity contribution in [3.63, 3.8) is 0 Å². The third-order valence-corrected chi connectivity index (χ3v) is 13.0. The molecule has 0 aromatic heterocycles. The fraction of sp³-hybridized carbons (Fsp3) is 0.661. The average Bonchev–Trinajstić information content (AvgIpc) is 3.29. The molecule has 18 heteroatoms. The predicted octanol–water partition coefficient (Wildman–Crippen LogP) is 12.7. The molecule has 2 aromatic carbocycles. The number of alkyl halides is 3. The molecule has 13 nitrogen and oxygen atoms in total. The average molecular weight is 1080 g/mol. The number of benzene rings is 2. The van der Waals surface area contributed by atoms with Crippen LogP contribution in [0.3, 0.4) is 0 Å². The number of amides is 3. The van der Waals surface area contributed by atoms with E-state index in [-0.39, 0.29) is 58.0 Å². The Morgan fingerprint density at radius 3 is 1.36 bits per heavy atom. The summed E-state index contributed by atoms with van der Waals surface area (Å²) in [6, 6.07) is 7.84. The molecule has 0 heterocycles. The fourth-order valence-electron chi connectivity index (χ4n) is 8.77. The van der Waals surface area contributed by atoms with Gasteiger partial charge in [-0.2, -0.15) is 13.2 Å². The number of isocyanates is 1. The summed E-state index contributed by atoms with van der Waals surface area (Å²) in [5, 5.41) is 8.40. The van der Waals surface area contributed by atoms with Crippen molar-refractivity contribution < 1.29 is 56.2 Å². The predicted molar refractivity (Wildman–Crippen MR) is 284 cm³/mol. The number of Topliss-reactive ketones (excluding diaryl/α,β-unsaturated/α-hetero) is 3. The molecule has 2 atom stereocenters. The van der Waals surface area contributed by atoms with Crippen LogP contribution in [-0.2, 0) is 24.0 Å². The topological polar surface area (TPSA) is 186 Å². The zero-order valence-electron chi connectivity index (χ0n) is 45.5. The van der Waals surface area contributed by atoms with Gasteiger partial charge in [-0.1, -0.05) is 70.7 Å². The Balaban J connectivity index is 0.000000448. The number of carbonyl (C=O) groups excluding carboxylic acids is 7. The highest BCUT2D eigenvalue weighted by atomic mass is 35.5. The minimum Gasteiger partial charge on any atom is -0.489 e. The van der Waals surface area contributed by atoms with E-state index < -0.39 is 36.1 Å². The molecule has 2 aliphatic rings. The molecular weight excluding hydrogens is 1000 g/mol. The minimum atomic E-state index is -4.90. The van der Waals surface area contributed by atoms with Gasteiger partial charge in [-0.05, 0) is 159 Å². The lowest BCUT2D eigenvalue weighted by molar-refractivity contribution is -0.174. The van der Waals surface area contributed by atoms with Crippen LogP contribution in [0.1, 0.15) is 194 Å². The molecule has 2 saturated carbocycles. The third-order valence-electron chi connectivity index (χ3n) is 12.4. The van der Waals surface area contributed by atoms with Gasteiger partial charge in [0.25, 0.3) is 11.8 Å². The Hall–Kier alpha value is -4.79. The molecule has 0 spiro atoms. The van der Waals surface area contributed by atoms with Crippen LogP contribution in [-0.4, -0.2) is 83.2 Å². The van der Waals surface area contributed by atoms with E-state index in [1.807, 2.05) is 60.7 Å². The Morgan fingerprint density at radius 2 is 1.05 bits per heavy atom. The summed E-state index contributed by atoms with van der Waals surface area (Å²) in [6.45, 7) is 22.9. The molecule has 3 amide bonds. The first-order valence-corrected chi connectivity index (χ1v) is 26.7. The van der Waals surface area contributed by atoms with Crippen LogP contribution in [0.4, 0.5) is 13.2 Å². The lowest BCUT2D eigenvalue weighted by Gasteiger charge is -2.31. The van der Waals surface area contributed by atoms with E-state index in [0.29, 0.717) is 103 Å². The molecule has 0 bridgehead atoms. The quantitative estimate of drug-likeness (QED) is 0.0857. The van der Waals surface area contributed by atoms with Crippen LogP contribution in [0.15, 0.2) is 41.4 Å². The Labute approximate surface area is 447 Å². The van der Waals surface area contributed by atoms with Crippen LogP contribution in [0.2, 0.25) is 10.0 Å². The molecule has 2 aliphatic carbocycles. The van der Waals surface area contributed by atoms with Crippen LogP contribution in [0.5, 0.6) is 11.5 Å². The van der Waals surface area contributed by atoms with Crippen LogP contribution < -0.4 is 25.4 Å². The molecule has 414 valence electrons. The lowest BCUT2D eigenvalue weighted by atomic mass is 9.76. The number of nitrogens with one attached hydrogen (secondary N) is 3. The molecule has 3 N–H and O–H groups in total. The molecule has 2 aromatic rings. The van der Waals surface area contributed by atoms with Crippen LogP contribution in [0, 0.1) is 23.2 Å². The zero-order valence-corrected chi connectivity index (χ0v) is 47.0. The Kier molecular flexibility index (Phi) is 27.1. The monoisotopic (exact) mass is 1080 g/mol. The number of nitrogens with zero attached hydrogens (tertiary/aromatic N) is 1. The van der Waals surface area contributed by atoms with Gasteiger partial charge in [0.2, 0.25) is 6.08 Å². The second kappa shape index (κ2) is 30.7. The summed E-state index contributed by atoms with van der Waals surface area (Å²) in [6.07, 6.45) is 5.31. The molecule has 2 unspecified atom stereocenters. The summed E-state index contributed by atoms with van der Waals surface area (Å²) in [7, 11) is 0. The maximum Gasteiger partial charge on any atom is 0.471 e. The van der Waals surface area contributed by atoms with E-state index in [2.05, 4.69) is 36.4 Å². The normalized spacial score (nSPS) is 18.7. The fourth-order valence-corrected chi connectivity index (χ4v) is 9.22. The number of carbonyl (C=O) groups is 6. The SMILES string of the molecule is CC(C)(C)N=C=O.CCC(=O)C(CC1CCC(CC(=O)CC(C)(C)C)CC1)NC(=O)c1ccc(OC(C)C)c(Cl)c1.CCC(=O)C(CC1CCC(NC(=O)C(F)(F)F)CC1)NC(=O)c1ccc(OC(C)C)c(Cl)c1. The number of halogens is 5. The van der Waals surface area contributed by atoms with Crippen molar-refractivity contribution in [2.45, 2.75) is 215 Å². The first kappa shape index (κ1) is 65.3. The molecule has 0 aliphatic heterocycles. The molecule has 4 rings (SSSR count). The number of hydrogen-bond acceptors (Lipinski definition) is 10. The van der Waals surface area contributed by atoms with Gasteiger partial charge < -0.3 is 25.4 Å². The maximum absolute atomic E-state index is 12.9. The number of hydrogen-bond donors (Lipinski definition) is 3.